The van der Waals surface area contributed by atoms with Crippen LogP contribution in [-0.2, 0) is 22.4 Å². The minimum Gasteiger partial charge on any atom is -0.497 e. The topological polar surface area (TPSA) is 74.4 Å². The molecule has 2 amide bonds. The summed E-state index contributed by atoms with van der Waals surface area (Å²) in [5.74, 6) is 0.525. The van der Waals surface area contributed by atoms with Crippen molar-refractivity contribution in [3.05, 3.63) is 65.9 Å². The summed E-state index contributed by atoms with van der Waals surface area (Å²) >= 11 is 0. The van der Waals surface area contributed by atoms with E-state index in [9.17, 15) is 9.59 Å². The van der Waals surface area contributed by atoms with Gasteiger partial charge in [-0.15, -0.1) is 0 Å². The molecule has 0 aliphatic heterocycles. The first-order chi connectivity index (χ1) is 14.1. The number of ether oxygens (including phenoxy) is 1. The van der Waals surface area contributed by atoms with Crippen molar-refractivity contribution >= 4 is 22.7 Å². The summed E-state index contributed by atoms with van der Waals surface area (Å²) < 4.78 is 5.23. The molecule has 1 heterocycles. The molecule has 0 atom stereocenters. The lowest BCUT2D eigenvalue weighted by molar-refractivity contribution is -0.134. The summed E-state index contributed by atoms with van der Waals surface area (Å²) in [6.45, 7) is 2.57. The zero-order valence-corrected chi connectivity index (χ0v) is 16.9. The molecule has 0 spiro atoms. The monoisotopic (exact) mass is 393 g/mol. The quantitative estimate of drug-likeness (QED) is 0.587. The number of H-pyrrole nitrogens is 1. The van der Waals surface area contributed by atoms with E-state index in [2.05, 4.69) is 16.4 Å². The lowest BCUT2D eigenvalue weighted by Gasteiger charge is -2.20. The molecule has 2 N–H and O–H groups in total. The maximum absolute atomic E-state index is 12.3. The van der Waals surface area contributed by atoms with Crippen LogP contribution in [0.25, 0.3) is 10.9 Å². The van der Waals surface area contributed by atoms with Crippen LogP contribution in [0.4, 0.5) is 0 Å². The van der Waals surface area contributed by atoms with E-state index in [1.165, 1.54) is 17.9 Å². The second-order valence-electron chi connectivity index (χ2n) is 7.00. The van der Waals surface area contributed by atoms with Crippen molar-refractivity contribution in [1.82, 2.24) is 15.2 Å². The highest BCUT2D eigenvalue weighted by Crippen LogP contribution is 2.17. The number of aromatic nitrogens is 1. The highest BCUT2D eigenvalue weighted by atomic mass is 16.5. The fourth-order valence-electron chi connectivity index (χ4n) is 3.34. The van der Waals surface area contributed by atoms with Gasteiger partial charge in [0.1, 0.15) is 5.75 Å². The molecule has 6 nitrogen and oxygen atoms in total. The van der Waals surface area contributed by atoms with Crippen molar-refractivity contribution in [2.75, 3.05) is 26.7 Å². The Morgan fingerprint density at radius 2 is 1.93 bits per heavy atom. The Morgan fingerprint density at radius 1 is 1.10 bits per heavy atom. The number of nitrogens with zero attached hydrogens (tertiary/aromatic N) is 1. The van der Waals surface area contributed by atoms with Crippen LogP contribution in [0.3, 0.4) is 0 Å². The first kappa shape index (κ1) is 20.5. The number of fused-ring (bicyclic) bond motifs is 1. The van der Waals surface area contributed by atoms with Gasteiger partial charge >= 0.3 is 0 Å². The summed E-state index contributed by atoms with van der Waals surface area (Å²) in [4.78, 5) is 29.1. The van der Waals surface area contributed by atoms with E-state index in [-0.39, 0.29) is 18.4 Å². The number of para-hydroxylation sites is 1. The number of carbonyl (C=O) groups excluding carboxylic acids is 2. The number of aromatic amines is 1. The van der Waals surface area contributed by atoms with E-state index >= 15 is 0 Å². The van der Waals surface area contributed by atoms with Crippen LogP contribution in [0.15, 0.2) is 54.7 Å². The SMILES string of the molecule is COc1cccc(CCN(CC(=O)NCCc2c[nH]c3ccccc23)C(C)=O)c1. The Morgan fingerprint density at radius 3 is 2.72 bits per heavy atom. The molecule has 29 heavy (non-hydrogen) atoms. The third-order valence-electron chi connectivity index (χ3n) is 4.98. The van der Waals surface area contributed by atoms with Gasteiger partial charge in [-0.1, -0.05) is 30.3 Å². The Bertz CT molecular complexity index is 980. The van der Waals surface area contributed by atoms with E-state index in [4.69, 9.17) is 4.74 Å². The fraction of sp³-hybridized carbons (Fsp3) is 0.304. The summed E-state index contributed by atoms with van der Waals surface area (Å²) in [6, 6.07) is 15.8. The van der Waals surface area contributed by atoms with Crippen molar-refractivity contribution < 1.29 is 14.3 Å². The van der Waals surface area contributed by atoms with Crippen molar-refractivity contribution in [3.8, 4) is 5.75 Å². The Hall–Kier alpha value is -3.28. The van der Waals surface area contributed by atoms with E-state index in [0.717, 1.165) is 23.3 Å². The normalized spacial score (nSPS) is 10.7. The molecule has 0 saturated heterocycles. The molecule has 0 bridgehead atoms. The molecule has 0 fully saturated rings. The molecule has 0 radical (unpaired) electrons. The average molecular weight is 393 g/mol. The van der Waals surface area contributed by atoms with E-state index in [1.54, 1.807) is 12.0 Å². The zero-order valence-electron chi connectivity index (χ0n) is 16.9. The van der Waals surface area contributed by atoms with Crippen LogP contribution in [0.1, 0.15) is 18.1 Å². The minimum absolute atomic E-state index is 0.0627. The van der Waals surface area contributed by atoms with E-state index in [0.29, 0.717) is 19.5 Å². The van der Waals surface area contributed by atoms with Crippen LogP contribution in [0, 0.1) is 0 Å². The van der Waals surface area contributed by atoms with Crippen LogP contribution < -0.4 is 10.1 Å². The Labute approximate surface area is 170 Å². The molecule has 6 heteroatoms. The van der Waals surface area contributed by atoms with Gasteiger partial charge in [-0.25, -0.2) is 0 Å². The van der Waals surface area contributed by atoms with Gasteiger partial charge in [-0.3, -0.25) is 9.59 Å². The lowest BCUT2D eigenvalue weighted by Crippen LogP contribution is -2.41. The first-order valence-corrected chi connectivity index (χ1v) is 9.77. The maximum atomic E-state index is 12.3. The fourth-order valence-corrected chi connectivity index (χ4v) is 3.34. The summed E-state index contributed by atoms with van der Waals surface area (Å²) in [5.41, 5.74) is 3.33. The number of rotatable bonds is 9. The molecule has 0 aliphatic rings. The zero-order chi connectivity index (χ0) is 20.6. The van der Waals surface area contributed by atoms with Gasteiger partial charge < -0.3 is 19.9 Å². The minimum atomic E-state index is -0.148. The van der Waals surface area contributed by atoms with Gasteiger partial charge in [0.25, 0.3) is 0 Å². The predicted octanol–water partition coefficient (Wildman–Crippen LogP) is 2.93. The number of amides is 2. The van der Waals surface area contributed by atoms with Crippen LogP contribution >= 0.6 is 0 Å². The largest absolute Gasteiger partial charge is 0.497 e. The number of hydrogen-bond acceptors (Lipinski definition) is 3. The molecule has 0 saturated carbocycles. The maximum Gasteiger partial charge on any atom is 0.239 e. The average Bonchev–Trinajstić information content (AvgIpc) is 3.14. The first-order valence-electron chi connectivity index (χ1n) is 9.77. The third kappa shape index (κ3) is 5.60. The number of carbonyl (C=O) groups is 2. The summed E-state index contributed by atoms with van der Waals surface area (Å²) in [6.07, 6.45) is 3.38. The van der Waals surface area contributed by atoms with Crippen molar-refractivity contribution in [2.45, 2.75) is 19.8 Å². The molecule has 3 aromatic rings. The highest BCUT2D eigenvalue weighted by molar-refractivity contribution is 5.84. The number of hydrogen-bond donors (Lipinski definition) is 2. The van der Waals surface area contributed by atoms with Gasteiger partial charge in [-0.05, 0) is 42.2 Å². The van der Waals surface area contributed by atoms with Gasteiger partial charge in [0, 0.05) is 37.1 Å². The molecule has 0 aliphatic carbocycles. The lowest BCUT2D eigenvalue weighted by atomic mass is 10.1. The van der Waals surface area contributed by atoms with Crippen LogP contribution in [-0.4, -0.2) is 48.4 Å². The number of methoxy groups -OCH3 is 1. The standard InChI is InChI=1S/C23H27N3O3/c1-17(27)26(13-11-18-6-5-7-20(14-18)29-2)16-23(28)24-12-10-19-15-25-22-9-4-3-8-21(19)22/h3-9,14-15,25H,10-13,16H2,1-2H3,(H,24,28). The van der Waals surface area contributed by atoms with Gasteiger partial charge in [0.15, 0.2) is 0 Å². The van der Waals surface area contributed by atoms with Crippen molar-refractivity contribution in [1.29, 1.82) is 0 Å². The Kier molecular flexibility index (Phi) is 6.89. The van der Waals surface area contributed by atoms with Crippen LogP contribution in [0.2, 0.25) is 0 Å². The second-order valence-corrected chi connectivity index (χ2v) is 7.00. The highest BCUT2D eigenvalue weighted by Gasteiger charge is 2.14. The Balaban J connectivity index is 1.48. The molecule has 0 unspecified atom stereocenters. The molecule has 2 aromatic carbocycles. The summed E-state index contributed by atoms with van der Waals surface area (Å²) in [7, 11) is 1.63. The second kappa shape index (κ2) is 9.78. The van der Waals surface area contributed by atoms with E-state index < -0.39 is 0 Å². The predicted molar refractivity (Wildman–Crippen MR) is 114 cm³/mol. The smallest absolute Gasteiger partial charge is 0.239 e. The van der Waals surface area contributed by atoms with Crippen molar-refractivity contribution in [3.63, 3.8) is 0 Å². The molecule has 3 rings (SSSR count). The van der Waals surface area contributed by atoms with Gasteiger partial charge in [0.2, 0.25) is 11.8 Å². The van der Waals surface area contributed by atoms with Gasteiger partial charge in [0.05, 0.1) is 13.7 Å². The molecular weight excluding hydrogens is 366 g/mol. The molecule has 1 aromatic heterocycles. The summed E-state index contributed by atoms with van der Waals surface area (Å²) in [5, 5.41) is 4.09. The third-order valence-corrected chi connectivity index (χ3v) is 4.98. The van der Waals surface area contributed by atoms with Crippen molar-refractivity contribution in [2.24, 2.45) is 0 Å². The van der Waals surface area contributed by atoms with Crippen LogP contribution in [0.5, 0.6) is 5.75 Å². The molecular formula is C23H27N3O3. The van der Waals surface area contributed by atoms with E-state index in [1.807, 2.05) is 48.7 Å². The number of benzene rings is 2. The molecule has 152 valence electrons. The van der Waals surface area contributed by atoms with Gasteiger partial charge in [-0.2, -0.15) is 0 Å². The number of nitrogens with one attached hydrogen (secondary N) is 2.